The first-order valence-corrected chi connectivity index (χ1v) is 9.68. The number of carbonyl (C=O) groups excluding carboxylic acids is 1. The largest absolute Gasteiger partial charge is 0.534 e. The van der Waals surface area contributed by atoms with Crippen LogP contribution in [0.5, 0.6) is 11.5 Å². The van der Waals surface area contributed by atoms with Gasteiger partial charge in [-0.3, -0.25) is 4.79 Å². The number of Topliss-reactive ketones (excluding diaryl/α,β-unsaturated/α-hetero) is 1. The smallest absolute Gasteiger partial charge is 0.497 e. The summed E-state index contributed by atoms with van der Waals surface area (Å²) in [6, 6.07) is 14.3. The molecular formula is C20H15F3O5S. The van der Waals surface area contributed by atoms with Crippen LogP contribution in [0.2, 0.25) is 0 Å². The van der Waals surface area contributed by atoms with Crippen LogP contribution in [0.1, 0.15) is 17.3 Å². The van der Waals surface area contributed by atoms with Crippen molar-refractivity contribution >= 4 is 26.7 Å². The summed E-state index contributed by atoms with van der Waals surface area (Å²) >= 11 is 0. The van der Waals surface area contributed by atoms with Gasteiger partial charge in [0, 0.05) is 5.39 Å². The molecule has 0 fully saturated rings. The summed E-state index contributed by atoms with van der Waals surface area (Å²) in [7, 11) is -4.45. The predicted molar refractivity (Wildman–Crippen MR) is 102 cm³/mol. The quantitative estimate of drug-likeness (QED) is 0.329. The molecule has 0 atom stereocenters. The third kappa shape index (κ3) is 3.91. The van der Waals surface area contributed by atoms with E-state index in [1.54, 1.807) is 36.4 Å². The summed E-state index contributed by atoms with van der Waals surface area (Å²) in [6.07, 6.45) is 0. The topological polar surface area (TPSA) is 69.7 Å². The van der Waals surface area contributed by atoms with Crippen LogP contribution in [-0.2, 0) is 10.1 Å². The van der Waals surface area contributed by atoms with E-state index in [-0.39, 0.29) is 10.9 Å². The molecule has 0 aliphatic heterocycles. The van der Waals surface area contributed by atoms with E-state index < -0.39 is 27.2 Å². The Labute approximate surface area is 164 Å². The molecular weight excluding hydrogens is 409 g/mol. The summed E-state index contributed by atoms with van der Waals surface area (Å²) in [5, 5.41) is 0.494. The first-order chi connectivity index (χ1) is 13.5. The monoisotopic (exact) mass is 424 g/mol. The third-order valence-electron chi connectivity index (χ3n) is 4.25. The molecule has 0 aliphatic carbocycles. The highest BCUT2D eigenvalue weighted by atomic mass is 32.2. The van der Waals surface area contributed by atoms with Gasteiger partial charge in [0.25, 0.3) is 0 Å². The van der Waals surface area contributed by atoms with Crippen LogP contribution in [0.25, 0.3) is 21.9 Å². The molecule has 152 valence electrons. The van der Waals surface area contributed by atoms with Gasteiger partial charge in [0.1, 0.15) is 5.75 Å². The third-order valence-corrected chi connectivity index (χ3v) is 5.21. The highest BCUT2D eigenvalue weighted by molar-refractivity contribution is 7.88. The Bertz CT molecular complexity index is 1180. The summed E-state index contributed by atoms with van der Waals surface area (Å²) in [5.74, 6) is -0.693. The second kappa shape index (κ2) is 7.40. The van der Waals surface area contributed by atoms with Crippen LogP contribution >= 0.6 is 0 Å². The fourth-order valence-electron chi connectivity index (χ4n) is 2.87. The Kier molecular flexibility index (Phi) is 5.27. The molecule has 5 nitrogen and oxygen atoms in total. The fraction of sp³-hybridized carbons (Fsp3) is 0.150. The Morgan fingerprint density at radius 1 is 0.966 bits per heavy atom. The van der Waals surface area contributed by atoms with Crippen molar-refractivity contribution in [2.24, 2.45) is 0 Å². The normalized spacial score (nSPS) is 12.0. The Morgan fingerprint density at radius 3 is 2.07 bits per heavy atom. The summed E-state index contributed by atoms with van der Waals surface area (Å²) < 4.78 is 71.3. The molecule has 0 aliphatic rings. The van der Waals surface area contributed by atoms with Crippen LogP contribution in [0.15, 0.2) is 54.6 Å². The number of alkyl halides is 3. The van der Waals surface area contributed by atoms with E-state index in [0.29, 0.717) is 22.3 Å². The number of hydrogen-bond donors (Lipinski definition) is 0. The molecule has 0 radical (unpaired) electrons. The second-order valence-corrected chi connectivity index (χ2v) is 7.65. The van der Waals surface area contributed by atoms with E-state index in [9.17, 15) is 26.4 Å². The lowest BCUT2D eigenvalue weighted by Crippen LogP contribution is -2.28. The molecule has 0 aromatic heterocycles. The minimum Gasteiger partial charge on any atom is -0.497 e. The van der Waals surface area contributed by atoms with E-state index >= 15 is 0 Å². The standard InChI is InChI=1S/C20H15F3O5S/c1-12(24)17-11-18(13-7-9-14(27-2)10-8-13)15-5-3-4-6-16(15)19(17)28-29(25,26)20(21,22)23/h3-11H,1-2H3. The lowest BCUT2D eigenvalue weighted by molar-refractivity contribution is -0.0499. The van der Waals surface area contributed by atoms with Gasteiger partial charge in [0.2, 0.25) is 0 Å². The van der Waals surface area contributed by atoms with Crippen molar-refractivity contribution in [2.45, 2.75) is 12.4 Å². The van der Waals surface area contributed by atoms with Crippen molar-refractivity contribution in [3.63, 3.8) is 0 Å². The fourth-order valence-corrected chi connectivity index (χ4v) is 3.36. The van der Waals surface area contributed by atoms with Crippen molar-refractivity contribution < 1.29 is 35.3 Å². The molecule has 0 saturated carbocycles. The zero-order chi connectivity index (χ0) is 21.4. The molecule has 0 amide bonds. The van der Waals surface area contributed by atoms with Crippen LogP contribution < -0.4 is 8.92 Å². The zero-order valence-corrected chi connectivity index (χ0v) is 16.1. The van der Waals surface area contributed by atoms with E-state index in [4.69, 9.17) is 4.74 Å². The minimum absolute atomic E-state index is 0.0684. The zero-order valence-electron chi connectivity index (χ0n) is 15.3. The molecule has 0 unspecified atom stereocenters. The molecule has 9 heteroatoms. The van der Waals surface area contributed by atoms with Crippen molar-refractivity contribution in [3.8, 4) is 22.6 Å². The summed E-state index contributed by atoms with van der Waals surface area (Å²) in [4.78, 5) is 12.2. The molecule has 0 saturated heterocycles. The molecule has 3 rings (SSSR count). The first kappa shape index (κ1) is 20.7. The number of benzene rings is 3. The lowest BCUT2D eigenvalue weighted by Gasteiger charge is -2.17. The molecule has 0 heterocycles. The lowest BCUT2D eigenvalue weighted by atomic mass is 9.93. The van der Waals surface area contributed by atoms with Gasteiger partial charge in [-0.05, 0) is 41.6 Å². The van der Waals surface area contributed by atoms with E-state index in [0.717, 1.165) is 6.92 Å². The Hall–Kier alpha value is -3.07. The highest BCUT2D eigenvalue weighted by Crippen LogP contribution is 2.40. The molecule has 3 aromatic carbocycles. The number of hydrogen-bond acceptors (Lipinski definition) is 5. The van der Waals surface area contributed by atoms with Crippen LogP contribution in [0.4, 0.5) is 13.2 Å². The number of ether oxygens (including phenoxy) is 1. The van der Waals surface area contributed by atoms with Crippen LogP contribution in [0.3, 0.4) is 0 Å². The summed E-state index contributed by atoms with van der Waals surface area (Å²) in [5.41, 5.74) is -4.71. The van der Waals surface area contributed by atoms with Gasteiger partial charge in [0.15, 0.2) is 11.5 Å². The van der Waals surface area contributed by atoms with Gasteiger partial charge >= 0.3 is 15.6 Å². The van der Waals surface area contributed by atoms with Crippen molar-refractivity contribution in [2.75, 3.05) is 7.11 Å². The van der Waals surface area contributed by atoms with Crippen LogP contribution in [-0.4, -0.2) is 26.8 Å². The first-order valence-electron chi connectivity index (χ1n) is 8.27. The minimum atomic E-state index is -5.95. The maximum Gasteiger partial charge on any atom is 0.534 e. The molecule has 0 N–H and O–H groups in total. The van der Waals surface area contributed by atoms with E-state index in [1.165, 1.54) is 25.3 Å². The van der Waals surface area contributed by atoms with E-state index in [2.05, 4.69) is 4.18 Å². The Morgan fingerprint density at radius 2 is 1.55 bits per heavy atom. The number of methoxy groups -OCH3 is 1. The summed E-state index contributed by atoms with van der Waals surface area (Å²) in [6.45, 7) is 1.12. The average molecular weight is 424 g/mol. The van der Waals surface area contributed by atoms with Gasteiger partial charge in [-0.1, -0.05) is 36.4 Å². The molecule has 29 heavy (non-hydrogen) atoms. The second-order valence-electron chi connectivity index (χ2n) is 6.11. The highest BCUT2D eigenvalue weighted by Gasteiger charge is 2.49. The van der Waals surface area contributed by atoms with Crippen molar-refractivity contribution in [3.05, 3.63) is 60.2 Å². The molecule has 3 aromatic rings. The molecule has 0 bridgehead atoms. The van der Waals surface area contributed by atoms with Gasteiger partial charge in [-0.15, -0.1) is 0 Å². The molecule has 0 spiro atoms. The SMILES string of the molecule is COc1ccc(-c2cc(C(C)=O)c(OS(=O)(=O)C(F)(F)F)c3ccccc23)cc1. The number of fused-ring (bicyclic) bond motifs is 1. The number of rotatable bonds is 5. The van der Waals surface area contributed by atoms with Gasteiger partial charge in [-0.25, -0.2) is 0 Å². The maximum absolute atomic E-state index is 12.9. The van der Waals surface area contributed by atoms with Crippen molar-refractivity contribution in [1.82, 2.24) is 0 Å². The number of halogens is 3. The maximum atomic E-state index is 12.9. The van der Waals surface area contributed by atoms with Crippen LogP contribution in [0, 0.1) is 0 Å². The Balaban J connectivity index is 2.31. The van der Waals surface area contributed by atoms with Gasteiger partial charge < -0.3 is 8.92 Å². The number of ketones is 1. The predicted octanol–water partition coefficient (Wildman–Crippen LogP) is 4.95. The van der Waals surface area contributed by atoms with Gasteiger partial charge in [0.05, 0.1) is 12.7 Å². The average Bonchev–Trinajstić information content (AvgIpc) is 2.67. The number of carbonyl (C=O) groups is 1. The van der Waals surface area contributed by atoms with Crippen molar-refractivity contribution in [1.29, 1.82) is 0 Å². The van der Waals surface area contributed by atoms with E-state index in [1.807, 2.05) is 0 Å². The van der Waals surface area contributed by atoms with Gasteiger partial charge in [-0.2, -0.15) is 21.6 Å².